The van der Waals surface area contributed by atoms with Gasteiger partial charge in [-0.2, -0.15) is 13.2 Å². The molecular weight excluding hydrogens is 439 g/mol. The van der Waals surface area contributed by atoms with Crippen molar-refractivity contribution in [3.63, 3.8) is 0 Å². The van der Waals surface area contributed by atoms with Crippen LogP contribution in [0.1, 0.15) is 22.8 Å². The number of hydrogen-bond acceptors (Lipinski definition) is 5. The molecule has 0 spiro atoms. The van der Waals surface area contributed by atoms with Crippen LogP contribution in [0.2, 0.25) is 0 Å². The molecule has 0 atom stereocenters. The van der Waals surface area contributed by atoms with Gasteiger partial charge < -0.3 is 15.4 Å². The summed E-state index contributed by atoms with van der Waals surface area (Å²) in [5, 5.41) is 4.65. The molecule has 0 fully saturated rings. The van der Waals surface area contributed by atoms with Crippen LogP contribution >= 0.6 is 0 Å². The summed E-state index contributed by atoms with van der Waals surface area (Å²) in [6, 6.07) is 7.30. The predicted octanol–water partition coefficient (Wildman–Crippen LogP) is 2.84. The zero-order valence-electron chi connectivity index (χ0n) is 16.5. The summed E-state index contributed by atoms with van der Waals surface area (Å²) < 4.78 is 70.4. The third-order valence-corrected chi connectivity index (χ3v) is 5.41. The second-order valence-corrected chi connectivity index (χ2v) is 8.08. The monoisotopic (exact) mass is 459 g/mol. The third-order valence-electron chi connectivity index (χ3n) is 3.93. The maximum absolute atomic E-state index is 13.0. The molecule has 0 unspecified atom stereocenters. The van der Waals surface area contributed by atoms with E-state index < -0.39 is 33.6 Å². The predicted molar refractivity (Wildman–Crippen MR) is 107 cm³/mol. The van der Waals surface area contributed by atoms with Crippen molar-refractivity contribution in [3.05, 3.63) is 53.6 Å². The van der Waals surface area contributed by atoms with E-state index >= 15 is 0 Å². The first-order chi connectivity index (χ1) is 14.4. The van der Waals surface area contributed by atoms with Gasteiger partial charge in [0.15, 0.2) is 0 Å². The van der Waals surface area contributed by atoms with Crippen molar-refractivity contribution < 1.29 is 35.9 Å². The molecule has 2 aromatic carbocycles. The van der Waals surface area contributed by atoms with Gasteiger partial charge in [0, 0.05) is 26.1 Å². The molecule has 0 aromatic heterocycles. The number of methoxy groups -OCH3 is 1. The van der Waals surface area contributed by atoms with Gasteiger partial charge in [0.2, 0.25) is 15.9 Å². The summed E-state index contributed by atoms with van der Waals surface area (Å²) in [5.74, 6) is -1.33. The molecule has 0 heterocycles. The summed E-state index contributed by atoms with van der Waals surface area (Å²) in [6.07, 6.45) is -4.65. The Morgan fingerprint density at radius 1 is 1.00 bits per heavy atom. The number of anilines is 2. The van der Waals surface area contributed by atoms with Crippen LogP contribution in [0.5, 0.6) is 0 Å². The van der Waals surface area contributed by atoms with Gasteiger partial charge in [-0.05, 0) is 42.5 Å². The molecule has 0 aliphatic heterocycles. The van der Waals surface area contributed by atoms with Gasteiger partial charge >= 0.3 is 6.18 Å². The van der Waals surface area contributed by atoms with E-state index in [2.05, 4.69) is 15.4 Å². The first-order valence-electron chi connectivity index (χ1n) is 8.83. The molecule has 2 rings (SSSR count). The minimum absolute atomic E-state index is 0.00188. The van der Waals surface area contributed by atoms with E-state index in [1.54, 1.807) is 0 Å². The number of carbonyl (C=O) groups excluding carboxylic acids is 2. The molecule has 0 aliphatic rings. The van der Waals surface area contributed by atoms with Gasteiger partial charge in [-0.3, -0.25) is 9.59 Å². The highest BCUT2D eigenvalue weighted by Crippen LogP contribution is 2.34. The first kappa shape index (κ1) is 24.3. The van der Waals surface area contributed by atoms with Crippen molar-refractivity contribution in [3.8, 4) is 0 Å². The number of sulfonamides is 1. The number of alkyl halides is 3. The minimum atomic E-state index is -4.65. The van der Waals surface area contributed by atoms with E-state index in [0.29, 0.717) is 6.07 Å². The van der Waals surface area contributed by atoms with Crippen LogP contribution in [0.25, 0.3) is 0 Å². The summed E-state index contributed by atoms with van der Waals surface area (Å²) in [6.45, 7) is 1.40. The molecule has 0 bridgehead atoms. The molecule has 8 nitrogen and oxygen atoms in total. The van der Waals surface area contributed by atoms with Crippen LogP contribution in [0.4, 0.5) is 24.5 Å². The number of hydrogen-bond donors (Lipinski definition) is 3. The molecule has 0 saturated heterocycles. The average molecular weight is 459 g/mol. The van der Waals surface area contributed by atoms with E-state index in [0.717, 1.165) is 12.1 Å². The summed E-state index contributed by atoms with van der Waals surface area (Å²) in [7, 11) is -2.39. The lowest BCUT2D eigenvalue weighted by Gasteiger charge is -2.15. The lowest BCUT2D eigenvalue weighted by molar-refractivity contribution is -0.137. The van der Waals surface area contributed by atoms with Gasteiger partial charge in [-0.25, -0.2) is 13.1 Å². The van der Waals surface area contributed by atoms with Crippen LogP contribution in [-0.2, 0) is 25.7 Å². The maximum Gasteiger partial charge on any atom is 0.416 e. The normalized spacial score (nSPS) is 11.8. The number of carbonyl (C=O) groups is 2. The van der Waals surface area contributed by atoms with Crippen LogP contribution < -0.4 is 15.4 Å². The molecule has 2 aromatic rings. The molecule has 0 saturated carbocycles. The Morgan fingerprint density at radius 2 is 1.65 bits per heavy atom. The minimum Gasteiger partial charge on any atom is -0.383 e. The Balaban J connectivity index is 2.25. The molecule has 12 heteroatoms. The number of ether oxygens (including phenoxy) is 1. The van der Waals surface area contributed by atoms with E-state index in [9.17, 15) is 31.2 Å². The van der Waals surface area contributed by atoms with E-state index in [4.69, 9.17) is 4.74 Å². The lowest BCUT2D eigenvalue weighted by atomic mass is 10.1. The van der Waals surface area contributed by atoms with Crippen molar-refractivity contribution in [2.45, 2.75) is 18.0 Å². The van der Waals surface area contributed by atoms with E-state index in [-0.39, 0.29) is 35.0 Å². The van der Waals surface area contributed by atoms with E-state index in [1.165, 1.54) is 38.3 Å². The third kappa shape index (κ3) is 6.77. The van der Waals surface area contributed by atoms with Gasteiger partial charge in [0.25, 0.3) is 5.91 Å². The number of amides is 2. The van der Waals surface area contributed by atoms with Crippen molar-refractivity contribution in [2.24, 2.45) is 0 Å². The Morgan fingerprint density at radius 3 is 2.19 bits per heavy atom. The van der Waals surface area contributed by atoms with Crippen molar-refractivity contribution in [2.75, 3.05) is 30.9 Å². The van der Waals surface area contributed by atoms with Crippen LogP contribution in [-0.4, -0.2) is 40.5 Å². The van der Waals surface area contributed by atoms with Crippen LogP contribution in [0, 0.1) is 0 Å². The fraction of sp³-hybridized carbons (Fsp3) is 0.263. The van der Waals surface area contributed by atoms with Gasteiger partial charge in [0.1, 0.15) is 0 Å². The summed E-state index contributed by atoms with van der Waals surface area (Å²) in [4.78, 5) is 23.7. The van der Waals surface area contributed by atoms with Crippen molar-refractivity contribution in [1.29, 1.82) is 0 Å². The Hall–Kier alpha value is -2.96. The first-order valence-corrected chi connectivity index (χ1v) is 10.3. The lowest BCUT2D eigenvalue weighted by Crippen LogP contribution is -2.27. The highest BCUT2D eigenvalue weighted by Gasteiger charge is 2.31. The summed E-state index contributed by atoms with van der Waals surface area (Å²) in [5.41, 5.74) is -1.29. The molecule has 0 radical (unpaired) electrons. The van der Waals surface area contributed by atoms with Crippen LogP contribution in [0.3, 0.4) is 0 Å². The molecule has 0 aliphatic carbocycles. The number of nitrogens with one attached hydrogen (secondary N) is 3. The number of rotatable bonds is 8. The molecule has 3 N–H and O–H groups in total. The quantitative estimate of drug-likeness (QED) is 0.526. The smallest absolute Gasteiger partial charge is 0.383 e. The molecular formula is C19H20F3N3O5S. The topological polar surface area (TPSA) is 114 Å². The second kappa shape index (κ2) is 9.90. The maximum atomic E-state index is 13.0. The second-order valence-electron chi connectivity index (χ2n) is 6.31. The Bertz CT molecular complexity index is 1050. The standard InChI is InChI=1S/C19H20F3N3O5S/c1-12(26)24-16-8-5-14(19(20,21)22)11-17(16)25-18(27)13-3-6-15(7-4-13)31(28,29)23-9-10-30-2/h3-8,11,23H,9-10H2,1-2H3,(H,24,26)(H,25,27). The van der Waals surface area contributed by atoms with E-state index in [1.807, 2.05) is 0 Å². The summed E-state index contributed by atoms with van der Waals surface area (Å²) >= 11 is 0. The molecule has 168 valence electrons. The highest BCUT2D eigenvalue weighted by molar-refractivity contribution is 7.89. The fourth-order valence-electron chi connectivity index (χ4n) is 2.46. The number of halogens is 3. The van der Waals surface area contributed by atoms with Gasteiger partial charge in [0.05, 0.1) is 28.4 Å². The Kier molecular flexibility index (Phi) is 7.76. The van der Waals surface area contributed by atoms with Gasteiger partial charge in [-0.15, -0.1) is 0 Å². The molecule has 2 amide bonds. The SMILES string of the molecule is COCCNS(=O)(=O)c1ccc(C(=O)Nc2cc(C(F)(F)F)ccc2NC(C)=O)cc1. The zero-order valence-corrected chi connectivity index (χ0v) is 17.4. The van der Waals surface area contributed by atoms with Gasteiger partial charge in [-0.1, -0.05) is 0 Å². The molecule has 31 heavy (non-hydrogen) atoms. The van der Waals surface area contributed by atoms with Crippen molar-refractivity contribution >= 4 is 33.2 Å². The van der Waals surface area contributed by atoms with Crippen molar-refractivity contribution in [1.82, 2.24) is 4.72 Å². The average Bonchev–Trinajstić information content (AvgIpc) is 2.68. The fourth-order valence-corrected chi connectivity index (χ4v) is 3.48. The van der Waals surface area contributed by atoms with Crippen LogP contribution in [0.15, 0.2) is 47.4 Å². The highest BCUT2D eigenvalue weighted by atomic mass is 32.2. The zero-order chi connectivity index (χ0) is 23.2. The largest absolute Gasteiger partial charge is 0.416 e. The Labute approximate surface area is 176 Å². The number of benzene rings is 2.